The highest BCUT2D eigenvalue weighted by Gasteiger charge is 2.14. The molecule has 0 saturated carbocycles. The fourth-order valence-electron chi connectivity index (χ4n) is 1.92. The third-order valence-electron chi connectivity index (χ3n) is 3.00. The van der Waals surface area contributed by atoms with Crippen LogP contribution in [0.1, 0.15) is 38.5 Å². The molecule has 0 spiro atoms. The number of nitrogens with one attached hydrogen (secondary N) is 1. The number of hydrogen-bond donors (Lipinski definition) is 4. The monoisotopic (exact) mass is 255 g/mol. The number of aliphatic carboxylic acids is 1. The zero-order chi connectivity index (χ0) is 13.4. The van der Waals surface area contributed by atoms with Crippen molar-refractivity contribution in [3.63, 3.8) is 0 Å². The summed E-state index contributed by atoms with van der Waals surface area (Å²) in [6, 6.07) is -0.589. The summed E-state index contributed by atoms with van der Waals surface area (Å²) >= 11 is 0. The van der Waals surface area contributed by atoms with Crippen LogP contribution >= 0.6 is 0 Å². The van der Waals surface area contributed by atoms with Gasteiger partial charge in [-0.25, -0.2) is 0 Å². The number of rotatable bonds is 5. The first-order valence-corrected chi connectivity index (χ1v) is 6.24. The molecule has 5 N–H and O–H groups in total. The molecular weight excluding hydrogens is 234 g/mol. The highest BCUT2D eigenvalue weighted by Crippen LogP contribution is 2.13. The van der Waals surface area contributed by atoms with Crippen LogP contribution in [0.4, 0.5) is 0 Å². The normalized spacial score (nSPS) is 24.7. The minimum Gasteiger partial charge on any atom is -0.480 e. The van der Waals surface area contributed by atoms with Crippen LogP contribution in [-0.2, 0) is 4.79 Å². The summed E-state index contributed by atoms with van der Waals surface area (Å²) in [4.78, 5) is 10.5. The fraction of sp³-hybridized carbons (Fsp3) is 0.667. The van der Waals surface area contributed by atoms with E-state index in [1.807, 2.05) is 6.08 Å². The minimum absolute atomic E-state index is 0.246. The van der Waals surface area contributed by atoms with Gasteiger partial charge in [0.2, 0.25) is 0 Å². The zero-order valence-electron chi connectivity index (χ0n) is 10.4. The van der Waals surface area contributed by atoms with Crippen LogP contribution in [0.2, 0.25) is 0 Å². The number of nitrogens with two attached hydrogens (primary N) is 1. The molecule has 0 aromatic heterocycles. The molecule has 0 aromatic carbocycles. The maximum absolute atomic E-state index is 10.5. The van der Waals surface area contributed by atoms with Crippen LogP contribution in [-0.4, -0.2) is 34.2 Å². The van der Waals surface area contributed by atoms with E-state index in [1.54, 1.807) is 6.08 Å². The number of carboxylic acids is 1. The molecule has 102 valence electrons. The molecule has 2 atom stereocenters. The van der Waals surface area contributed by atoms with Crippen LogP contribution in [0.15, 0.2) is 17.3 Å². The molecule has 0 unspecified atom stereocenters. The van der Waals surface area contributed by atoms with Crippen LogP contribution in [0.3, 0.4) is 0 Å². The summed E-state index contributed by atoms with van der Waals surface area (Å²) in [7, 11) is 0. The Morgan fingerprint density at radius 3 is 3.00 bits per heavy atom. The summed E-state index contributed by atoms with van der Waals surface area (Å²) in [5, 5.41) is 23.8. The highest BCUT2D eigenvalue weighted by molar-refractivity contribution is 5.82. The Hall–Kier alpha value is -1.56. The molecule has 1 rings (SSSR count). The summed E-state index contributed by atoms with van der Waals surface area (Å²) in [5.41, 5.74) is 5.39. The molecular formula is C12H21N3O3. The van der Waals surface area contributed by atoms with E-state index < -0.39 is 12.0 Å². The van der Waals surface area contributed by atoms with Gasteiger partial charge >= 0.3 is 5.97 Å². The van der Waals surface area contributed by atoms with E-state index in [4.69, 9.17) is 16.0 Å². The predicted octanol–water partition coefficient (Wildman–Crippen LogP) is 1.05. The van der Waals surface area contributed by atoms with Gasteiger partial charge in [-0.15, -0.1) is 0 Å². The van der Waals surface area contributed by atoms with Crippen molar-refractivity contribution in [1.29, 1.82) is 0 Å². The Labute approximate surface area is 107 Å². The smallest absolute Gasteiger partial charge is 0.320 e. The Kier molecular flexibility index (Phi) is 6.21. The molecule has 1 fully saturated rings. The largest absolute Gasteiger partial charge is 0.480 e. The van der Waals surface area contributed by atoms with Gasteiger partial charge in [0, 0.05) is 12.5 Å². The maximum Gasteiger partial charge on any atom is 0.320 e. The predicted molar refractivity (Wildman–Crippen MR) is 68.6 cm³/mol. The SMILES string of the molecule is N[C@@H](C/C=C\C[C@H]1CCCC/C(=N/O)N1)C(=O)O. The van der Waals surface area contributed by atoms with Crippen LogP contribution in [0.25, 0.3) is 0 Å². The molecule has 6 heteroatoms. The molecule has 0 radical (unpaired) electrons. The van der Waals surface area contributed by atoms with Gasteiger partial charge in [-0.05, 0) is 25.7 Å². The van der Waals surface area contributed by atoms with Crippen molar-refractivity contribution in [3.8, 4) is 0 Å². The van der Waals surface area contributed by atoms with E-state index in [1.165, 1.54) is 0 Å². The third kappa shape index (κ3) is 5.18. The molecule has 0 aliphatic carbocycles. The molecule has 18 heavy (non-hydrogen) atoms. The number of oxime groups is 1. The van der Waals surface area contributed by atoms with Gasteiger partial charge in [-0.1, -0.05) is 23.7 Å². The topological polar surface area (TPSA) is 108 Å². The first kappa shape index (κ1) is 14.5. The van der Waals surface area contributed by atoms with Gasteiger partial charge < -0.3 is 21.4 Å². The Morgan fingerprint density at radius 1 is 1.56 bits per heavy atom. The van der Waals surface area contributed by atoms with Gasteiger partial charge in [0.1, 0.15) is 11.9 Å². The van der Waals surface area contributed by atoms with Crippen LogP contribution in [0.5, 0.6) is 0 Å². The van der Waals surface area contributed by atoms with Gasteiger partial charge in [-0.3, -0.25) is 4.79 Å². The lowest BCUT2D eigenvalue weighted by Gasteiger charge is -2.14. The van der Waals surface area contributed by atoms with Crippen molar-refractivity contribution in [3.05, 3.63) is 12.2 Å². The third-order valence-corrected chi connectivity index (χ3v) is 3.00. The van der Waals surface area contributed by atoms with E-state index >= 15 is 0 Å². The maximum atomic E-state index is 10.5. The second-order valence-electron chi connectivity index (χ2n) is 4.52. The summed E-state index contributed by atoms with van der Waals surface area (Å²) in [5.74, 6) is -0.352. The van der Waals surface area contributed by atoms with Gasteiger partial charge in [-0.2, -0.15) is 0 Å². The van der Waals surface area contributed by atoms with Crippen molar-refractivity contribution in [2.45, 2.75) is 50.6 Å². The first-order valence-electron chi connectivity index (χ1n) is 6.24. The van der Waals surface area contributed by atoms with Gasteiger partial charge in [0.25, 0.3) is 0 Å². The number of carboxylic acid groups (broad SMARTS) is 1. The number of carbonyl (C=O) groups is 1. The molecule has 0 aromatic rings. The summed E-state index contributed by atoms with van der Waals surface area (Å²) in [6.07, 6.45) is 8.76. The van der Waals surface area contributed by atoms with Crippen molar-refractivity contribution < 1.29 is 15.1 Å². The lowest BCUT2D eigenvalue weighted by molar-refractivity contribution is -0.138. The van der Waals surface area contributed by atoms with Crippen molar-refractivity contribution >= 4 is 11.8 Å². The van der Waals surface area contributed by atoms with Crippen LogP contribution in [0, 0.1) is 0 Å². The Morgan fingerprint density at radius 2 is 2.33 bits per heavy atom. The Bertz CT molecular complexity index is 329. The number of nitrogens with zero attached hydrogens (tertiary/aromatic N) is 1. The second kappa shape index (κ2) is 7.71. The number of hydrogen-bond acceptors (Lipinski definition) is 4. The number of amidine groups is 1. The van der Waals surface area contributed by atoms with Gasteiger partial charge in [0.05, 0.1) is 0 Å². The average molecular weight is 255 g/mol. The van der Waals surface area contributed by atoms with E-state index in [9.17, 15) is 4.79 Å². The lowest BCUT2D eigenvalue weighted by Crippen LogP contribution is -2.32. The van der Waals surface area contributed by atoms with Crippen molar-refractivity contribution in [2.75, 3.05) is 0 Å². The zero-order valence-corrected chi connectivity index (χ0v) is 10.4. The van der Waals surface area contributed by atoms with E-state index in [-0.39, 0.29) is 6.04 Å². The molecule has 1 aliphatic heterocycles. The van der Waals surface area contributed by atoms with E-state index in [2.05, 4.69) is 10.5 Å². The molecule has 1 saturated heterocycles. The van der Waals surface area contributed by atoms with Gasteiger partial charge in [0.15, 0.2) is 0 Å². The van der Waals surface area contributed by atoms with E-state index in [0.29, 0.717) is 12.3 Å². The first-order chi connectivity index (χ1) is 8.63. The second-order valence-corrected chi connectivity index (χ2v) is 4.52. The molecule has 1 heterocycles. The molecule has 1 aliphatic rings. The van der Waals surface area contributed by atoms with Crippen molar-refractivity contribution in [1.82, 2.24) is 5.32 Å². The Balaban J connectivity index is 2.33. The lowest BCUT2D eigenvalue weighted by atomic mass is 10.1. The van der Waals surface area contributed by atoms with Crippen molar-refractivity contribution in [2.24, 2.45) is 10.9 Å². The molecule has 0 bridgehead atoms. The highest BCUT2D eigenvalue weighted by atomic mass is 16.4. The minimum atomic E-state index is -0.984. The molecule has 0 amide bonds. The quantitative estimate of drug-likeness (QED) is 0.334. The fourth-order valence-corrected chi connectivity index (χ4v) is 1.92. The van der Waals surface area contributed by atoms with E-state index in [0.717, 1.165) is 32.1 Å². The molecule has 6 nitrogen and oxygen atoms in total. The standard InChI is InChI=1S/C12H21N3O3/c13-10(12(16)17)7-3-1-5-9-6-2-4-8-11(14-9)15-18/h1,3,9-10,18H,2,4-8,13H2,(H,14,15)(H,16,17)/b3-1-/t9-,10-/m0/s1. The summed E-state index contributed by atoms with van der Waals surface area (Å²) < 4.78 is 0. The average Bonchev–Trinajstić information content (AvgIpc) is 2.59. The summed E-state index contributed by atoms with van der Waals surface area (Å²) in [6.45, 7) is 0. The van der Waals surface area contributed by atoms with Crippen LogP contribution < -0.4 is 11.1 Å².